The highest BCUT2D eigenvalue weighted by Crippen LogP contribution is 2.09. The van der Waals surface area contributed by atoms with Crippen LogP contribution in [0.5, 0.6) is 6.01 Å². The van der Waals surface area contributed by atoms with Gasteiger partial charge in [-0.1, -0.05) is 0 Å². The van der Waals surface area contributed by atoms with E-state index in [-0.39, 0.29) is 6.01 Å². The van der Waals surface area contributed by atoms with Gasteiger partial charge in [0.2, 0.25) is 6.86 Å². The first-order chi connectivity index (χ1) is 5.25. The fourth-order valence-electron chi connectivity index (χ4n) is 0.537. The number of aromatic nitrogens is 2. The van der Waals surface area contributed by atoms with Crippen LogP contribution in [-0.2, 0) is 11.4 Å². The van der Waals surface area contributed by atoms with Crippen LogP contribution >= 0.6 is 0 Å². The van der Waals surface area contributed by atoms with Crippen LogP contribution in [0.1, 0.15) is 0 Å². The van der Waals surface area contributed by atoms with Gasteiger partial charge in [-0.25, -0.2) is 9.37 Å². The van der Waals surface area contributed by atoms with Gasteiger partial charge in [-0.15, -0.1) is 3.89 Å². The lowest BCUT2D eigenvalue weighted by molar-refractivity contribution is 0.176. The van der Waals surface area contributed by atoms with Crippen LogP contribution in [0, 0.1) is 0 Å². The van der Waals surface area contributed by atoms with Crippen molar-refractivity contribution in [2.75, 3.05) is 6.86 Å². The molecule has 0 aliphatic carbocycles. The summed E-state index contributed by atoms with van der Waals surface area (Å²) in [6.07, 6.45) is 2.24. The fraction of sp³-hybridized carbons (Fsp3) is 0.250. The number of hydrogen-bond donors (Lipinski definition) is 0. The molecule has 0 amide bonds. The van der Waals surface area contributed by atoms with Gasteiger partial charge in [-0.05, 0) is 0 Å². The molecular formula is C4H4F2N2O2S. The minimum absolute atomic E-state index is 0.340. The molecule has 0 radical (unpaired) electrons. The van der Waals surface area contributed by atoms with Crippen LogP contribution in [0.25, 0.3) is 0 Å². The summed E-state index contributed by atoms with van der Waals surface area (Å²) in [7, 11) is 0. The van der Waals surface area contributed by atoms with E-state index < -0.39 is 18.2 Å². The molecule has 11 heavy (non-hydrogen) atoms. The van der Waals surface area contributed by atoms with Gasteiger partial charge in [0, 0.05) is 6.20 Å². The number of ether oxygens (including phenoxy) is 1. The average Bonchev–Trinajstić information content (AvgIpc) is 2.36. The van der Waals surface area contributed by atoms with Crippen LogP contribution < -0.4 is 4.74 Å². The zero-order chi connectivity index (χ0) is 8.27. The van der Waals surface area contributed by atoms with E-state index in [4.69, 9.17) is 0 Å². The Kier molecular flexibility index (Phi) is 2.53. The van der Waals surface area contributed by atoms with E-state index in [1.807, 2.05) is 0 Å². The highest BCUT2D eigenvalue weighted by atomic mass is 32.2. The molecule has 0 bridgehead atoms. The lowest BCUT2D eigenvalue weighted by atomic mass is 11.0. The molecule has 0 spiro atoms. The lowest BCUT2D eigenvalue weighted by Crippen LogP contribution is -2.02. The van der Waals surface area contributed by atoms with Crippen LogP contribution in [0.4, 0.5) is 8.28 Å². The first-order valence-corrected chi connectivity index (χ1v) is 3.57. The zero-order valence-electron chi connectivity index (χ0n) is 5.24. The van der Waals surface area contributed by atoms with Gasteiger partial charge in [-0.3, -0.25) is 0 Å². The maximum absolute atomic E-state index is 12.0. The molecular weight excluding hydrogens is 178 g/mol. The third-order valence-corrected chi connectivity index (χ3v) is 1.50. The predicted octanol–water partition coefficient (Wildman–Crippen LogP) is 0.585. The molecule has 62 valence electrons. The third-order valence-electron chi connectivity index (χ3n) is 0.914. The summed E-state index contributed by atoms with van der Waals surface area (Å²) in [5.74, 6) is 0. The molecule has 0 N–H and O–H groups in total. The second-order valence-corrected chi connectivity index (χ2v) is 2.30. The summed E-state index contributed by atoms with van der Waals surface area (Å²) in [6, 6.07) is -0.340. The Morgan fingerprint density at radius 1 is 1.82 bits per heavy atom. The first kappa shape index (κ1) is 8.12. The standard InChI is InChI=1S/C4H4F2N2O2S/c5-3-10-4-7-1-2-8(4)11(6)9/h1-2H,3H2. The summed E-state index contributed by atoms with van der Waals surface area (Å²) < 4.78 is 38.5. The molecule has 1 heterocycles. The Labute approximate surface area is 63.7 Å². The summed E-state index contributed by atoms with van der Waals surface area (Å²) in [5, 5.41) is 0. The molecule has 1 aromatic heterocycles. The van der Waals surface area contributed by atoms with Crippen molar-refractivity contribution < 1.29 is 17.2 Å². The van der Waals surface area contributed by atoms with E-state index in [0.717, 1.165) is 12.4 Å². The van der Waals surface area contributed by atoms with Gasteiger partial charge in [0.05, 0.1) is 6.20 Å². The number of imidazole rings is 1. The quantitative estimate of drug-likeness (QED) is 0.642. The van der Waals surface area contributed by atoms with Crippen molar-refractivity contribution in [1.82, 2.24) is 8.96 Å². The van der Waals surface area contributed by atoms with Crippen LogP contribution in [0.15, 0.2) is 12.4 Å². The van der Waals surface area contributed by atoms with E-state index in [1.54, 1.807) is 0 Å². The minimum Gasteiger partial charge on any atom is -0.432 e. The van der Waals surface area contributed by atoms with Crippen molar-refractivity contribution in [2.45, 2.75) is 0 Å². The first-order valence-electron chi connectivity index (χ1n) is 2.56. The van der Waals surface area contributed by atoms with Crippen LogP contribution in [0.3, 0.4) is 0 Å². The summed E-state index contributed by atoms with van der Waals surface area (Å²) in [4.78, 5) is 3.39. The van der Waals surface area contributed by atoms with Crippen molar-refractivity contribution in [3.8, 4) is 6.01 Å². The van der Waals surface area contributed by atoms with E-state index in [2.05, 4.69) is 9.72 Å². The molecule has 1 unspecified atom stereocenters. The van der Waals surface area contributed by atoms with Crippen molar-refractivity contribution >= 4 is 11.4 Å². The molecule has 0 saturated heterocycles. The SMILES string of the molecule is O=S(F)n1ccnc1OCF. The van der Waals surface area contributed by atoms with Crippen LogP contribution in [0.2, 0.25) is 0 Å². The van der Waals surface area contributed by atoms with E-state index in [1.165, 1.54) is 0 Å². The van der Waals surface area contributed by atoms with Gasteiger partial charge < -0.3 is 4.74 Å². The second kappa shape index (κ2) is 3.42. The topological polar surface area (TPSA) is 44.1 Å². The smallest absolute Gasteiger partial charge is 0.312 e. The molecule has 0 aliphatic heterocycles. The Morgan fingerprint density at radius 2 is 2.55 bits per heavy atom. The third kappa shape index (κ3) is 1.73. The highest BCUT2D eigenvalue weighted by Gasteiger charge is 2.08. The minimum atomic E-state index is -2.75. The maximum Gasteiger partial charge on any atom is 0.312 e. The van der Waals surface area contributed by atoms with E-state index in [9.17, 15) is 12.5 Å². The lowest BCUT2D eigenvalue weighted by Gasteiger charge is -1.98. The number of rotatable bonds is 3. The van der Waals surface area contributed by atoms with E-state index >= 15 is 0 Å². The molecule has 0 aliphatic rings. The van der Waals surface area contributed by atoms with Crippen molar-refractivity contribution in [2.24, 2.45) is 0 Å². The number of halogens is 2. The largest absolute Gasteiger partial charge is 0.432 e. The molecule has 4 nitrogen and oxygen atoms in total. The Bertz CT molecular complexity index is 264. The van der Waals surface area contributed by atoms with Crippen molar-refractivity contribution in [1.29, 1.82) is 0 Å². The average molecular weight is 182 g/mol. The molecule has 1 aromatic rings. The number of hydrogen-bond acceptors (Lipinski definition) is 3. The van der Waals surface area contributed by atoms with Crippen LogP contribution in [-0.4, -0.2) is 20.0 Å². The Hall–Kier alpha value is -0.980. The van der Waals surface area contributed by atoms with Crippen molar-refractivity contribution in [3.63, 3.8) is 0 Å². The number of alkyl halides is 1. The molecule has 0 saturated carbocycles. The second-order valence-electron chi connectivity index (χ2n) is 1.50. The highest BCUT2D eigenvalue weighted by molar-refractivity contribution is 7.78. The van der Waals surface area contributed by atoms with Gasteiger partial charge in [0.1, 0.15) is 0 Å². The van der Waals surface area contributed by atoms with E-state index in [0.29, 0.717) is 3.97 Å². The summed E-state index contributed by atoms with van der Waals surface area (Å²) >= 11 is -2.75. The molecule has 1 rings (SSSR count). The summed E-state index contributed by atoms with van der Waals surface area (Å²) in [5.41, 5.74) is 0. The monoisotopic (exact) mass is 182 g/mol. The van der Waals surface area contributed by atoms with Crippen molar-refractivity contribution in [3.05, 3.63) is 12.4 Å². The van der Waals surface area contributed by atoms with Gasteiger partial charge in [0.25, 0.3) is 0 Å². The van der Waals surface area contributed by atoms with Gasteiger partial charge in [-0.2, -0.15) is 8.18 Å². The summed E-state index contributed by atoms with van der Waals surface area (Å²) in [6.45, 7) is -1.13. The fourth-order valence-corrected chi connectivity index (χ4v) is 0.910. The van der Waals surface area contributed by atoms with Gasteiger partial charge in [0.15, 0.2) is 0 Å². The Morgan fingerprint density at radius 3 is 3.09 bits per heavy atom. The van der Waals surface area contributed by atoms with Gasteiger partial charge >= 0.3 is 17.4 Å². The molecule has 0 aromatic carbocycles. The molecule has 7 heteroatoms. The predicted molar refractivity (Wildman–Crippen MR) is 33.5 cm³/mol. The maximum atomic E-state index is 12.0. The Balaban J connectivity index is 2.87. The normalized spacial score (nSPS) is 12.9. The molecule has 1 atom stereocenters. The zero-order valence-corrected chi connectivity index (χ0v) is 6.05. The number of nitrogens with zero attached hydrogens (tertiary/aromatic N) is 2. The molecule has 0 fully saturated rings.